The van der Waals surface area contributed by atoms with Crippen LogP contribution in [0.1, 0.15) is 0 Å². The molecule has 0 aliphatic heterocycles. The normalized spacial score (nSPS) is 5.06. The second kappa shape index (κ2) is 36.2. The van der Waals surface area contributed by atoms with E-state index in [0.29, 0.717) is 0 Å². The van der Waals surface area contributed by atoms with E-state index in [1.54, 1.807) is 0 Å². The Morgan fingerprint density at radius 2 is 0.375 bits per heavy atom. The Kier molecular flexibility index (Phi) is 96.6. The average Bonchev–Trinajstić information content (AvgIpc) is 1.54. The van der Waals surface area contributed by atoms with Crippen LogP contribution in [-0.4, -0.2) is 91.1 Å². The van der Waals surface area contributed by atoms with Gasteiger partial charge in [-0.05, 0) is 0 Å². The molecule has 0 saturated carbocycles. The zero-order valence-electron chi connectivity index (χ0n) is 8.10. The molecule has 0 spiro atoms. The van der Waals surface area contributed by atoms with Gasteiger partial charge in [0, 0.05) is 0 Å². The van der Waals surface area contributed by atoms with Crippen LogP contribution in [0.5, 0.6) is 0 Å². The molecule has 0 aromatic rings. The molecule has 0 aromatic heterocycles. The van der Waals surface area contributed by atoms with E-state index in [9.17, 15) is 0 Å². The van der Waals surface area contributed by atoms with E-state index in [1.807, 2.05) is 0 Å². The number of hydrogen-bond acceptors (Lipinski definition) is 9. The average molecular weight is 338 g/mol. The molecular weight excluding hydrogens is 338 g/mol. The maximum absolute atomic E-state index is 8.42. The summed E-state index contributed by atoms with van der Waals surface area (Å²) < 4.78 is 0. The molecule has 0 amide bonds. The summed E-state index contributed by atoms with van der Waals surface area (Å²) in [4.78, 5) is 0. The zero-order valence-corrected chi connectivity index (χ0v) is 15.2. The van der Waals surface area contributed by atoms with Gasteiger partial charge in [0.05, 0.1) is 0 Å². The Bertz CT molecular complexity index is 54.5. The summed E-state index contributed by atoms with van der Waals surface area (Å²) in [6.07, 6.45) is 0. The number of rotatable bonds is 0. The SMILES string of the molecule is [Mg+2].[Mg+2].[Mg+2].[O-]B([O-])[O-].[O-]B([O-])[O-].[O-]B([O-])[O-].[Y+3]. The summed E-state index contributed by atoms with van der Waals surface area (Å²) in [6.45, 7) is 0. The van der Waals surface area contributed by atoms with Gasteiger partial charge in [-0.3, -0.25) is 22.0 Å². The fraction of sp³-hybridized carbons (Fsp3) is 0. The summed E-state index contributed by atoms with van der Waals surface area (Å²) in [6, 6.07) is 0. The zero-order chi connectivity index (χ0) is 10.7. The molecular formula is B3Mg3O9Y. The molecule has 16 heteroatoms. The van der Waals surface area contributed by atoms with E-state index in [2.05, 4.69) is 0 Å². The molecule has 0 fully saturated rings. The fourth-order valence-corrected chi connectivity index (χ4v) is 0. The fourth-order valence-electron chi connectivity index (χ4n) is 0. The second-order valence-electron chi connectivity index (χ2n) is 0.866. The van der Waals surface area contributed by atoms with Crippen LogP contribution in [0.25, 0.3) is 0 Å². The van der Waals surface area contributed by atoms with Crippen molar-refractivity contribution in [2.45, 2.75) is 0 Å². The van der Waals surface area contributed by atoms with Crippen molar-refractivity contribution in [3.8, 4) is 0 Å². The topological polar surface area (TPSA) is 208 Å². The van der Waals surface area contributed by atoms with Crippen molar-refractivity contribution in [1.29, 1.82) is 0 Å². The van der Waals surface area contributed by atoms with Gasteiger partial charge in [0.2, 0.25) is 0 Å². The Morgan fingerprint density at radius 1 is 0.375 bits per heavy atom. The van der Waals surface area contributed by atoms with Crippen LogP contribution in [0, 0.1) is 0 Å². The van der Waals surface area contributed by atoms with Crippen molar-refractivity contribution in [2.75, 3.05) is 0 Å². The minimum Gasteiger partial charge on any atom is -0.907 e. The van der Waals surface area contributed by atoms with Gasteiger partial charge in [-0.15, -0.1) is 0 Å². The van der Waals surface area contributed by atoms with Crippen molar-refractivity contribution in [2.24, 2.45) is 0 Å². The van der Waals surface area contributed by atoms with Crippen molar-refractivity contribution >= 4 is 91.1 Å². The summed E-state index contributed by atoms with van der Waals surface area (Å²) >= 11 is 0. The third-order valence-corrected chi connectivity index (χ3v) is 0. The molecule has 9 nitrogen and oxygen atoms in total. The molecule has 0 heterocycles. The standard InChI is InChI=1S/3BO3.3Mg.Y/c3*2-1(3)4;;;;/q3*-3;3*+2;+3. The van der Waals surface area contributed by atoms with Crippen LogP contribution < -0.4 is 45.2 Å². The number of hydrogen-bond donors (Lipinski definition) is 0. The third-order valence-electron chi connectivity index (χ3n) is 0. The molecule has 0 bridgehead atoms. The first kappa shape index (κ1) is 42.7. The van der Waals surface area contributed by atoms with Gasteiger partial charge < -0.3 is 45.2 Å². The van der Waals surface area contributed by atoms with Crippen molar-refractivity contribution in [3.05, 3.63) is 0 Å². The van der Waals surface area contributed by atoms with E-state index in [1.165, 1.54) is 0 Å². The smallest absolute Gasteiger partial charge is 0.907 e. The van der Waals surface area contributed by atoms with E-state index >= 15 is 0 Å². The van der Waals surface area contributed by atoms with Gasteiger partial charge in [0.15, 0.2) is 0 Å². The van der Waals surface area contributed by atoms with Crippen LogP contribution in [-0.2, 0) is 32.7 Å². The van der Waals surface area contributed by atoms with Gasteiger partial charge in [-0.1, -0.05) is 0 Å². The van der Waals surface area contributed by atoms with Crippen LogP contribution in [0.2, 0.25) is 0 Å². The Hall–Kier alpha value is 3.24. The van der Waals surface area contributed by atoms with Crippen molar-refractivity contribution in [1.82, 2.24) is 0 Å². The Labute approximate surface area is 167 Å². The first-order valence-electron chi connectivity index (χ1n) is 2.12. The van der Waals surface area contributed by atoms with Crippen molar-refractivity contribution < 1.29 is 77.9 Å². The van der Waals surface area contributed by atoms with Gasteiger partial charge >= 0.3 is 102 Å². The molecule has 0 N–H and O–H groups in total. The van der Waals surface area contributed by atoms with E-state index < -0.39 is 22.0 Å². The van der Waals surface area contributed by atoms with Crippen LogP contribution in [0.15, 0.2) is 0 Å². The molecule has 0 radical (unpaired) electrons. The van der Waals surface area contributed by atoms with Crippen LogP contribution in [0.3, 0.4) is 0 Å². The molecule has 0 saturated heterocycles. The van der Waals surface area contributed by atoms with E-state index in [-0.39, 0.29) is 102 Å². The molecule has 72 valence electrons. The molecule has 0 aliphatic rings. The summed E-state index contributed by atoms with van der Waals surface area (Å²) in [7, 11) is -8.75. The van der Waals surface area contributed by atoms with Gasteiger partial charge in [0.1, 0.15) is 0 Å². The van der Waals surface area contributed by atoms with Crippen LogP contribution >= 0.6 is 0 Å². The third kappa shape index (κ3) is 434. The predicted molar refractivity (Wildman–Crippen MR) is 34.5 cm³/mol. The minimum atomic E-state index is -2.92. The minimum absolute atomic E-state index is 0. The van der Waals surface area contributed by atoms with Gasteiger partial charge in [-0.25, -0.2) is 0 Å². The predicted octanol–water partition coefficient (Wildman–Crippen LogP) is -13.0. The maximum atomic E-state index is 8.42. The molecule has 0 unspecified atom stereocenters. The quantitative estimate of drug-likeness (QED) is 0.383. The van der Waals surface area contributed by atoms with Crippen molar-refractivity contribution in [3.63, 3.8) is 0 Å². The summed E-state index contributed by atoms with van der Waals surface area (Å²) in [5.41, 5.74) is 0. The molecule has 0 aliphatic carbocycles. The van der Waals surface area contributed by atoms with E-state index in [0.717, 1.165) is 0 Å². The largest absolute Gasteiger partial charge is 3.00 e. The molecule has 0 aromatic carbocycles. The molecule has 0 atom stereocenters. The first-order chi connectivity index (χ1) is 5.20. The van der Waals surface area contributed by atoms with E-state index in [4.69, 9.17) is 45.2 Å². The first-order valence-corrected chi connectivity index (χ1v) is 2.12. The summed E-state index contributed by atoms with van der Waals surface area (Å²) in [5, 5.41) is 75.8. The Balaban J connectivity index is -0.0000000135. The van der Waals surface area contributed by atoms with Gasteiger partial charge in [0.25, 0.3) is 0 Å². The monoisotopic (exact) mass is 338 g/mol. The second-order valence-corrected chi connectivity index (χ2v) is 0.866. The molecule has 16 heavy (non-hydrogen) atoms. The maximum Gasteiger partial charge on any atom is 3.00 e. The van der Waals surface area contributed by atoms with Gasteiger partial charge in [-0.2, -0.15) is 0 Å². The van der Waals surface area contributed by atoms with Crippen LogP contribution in [0.4, 0.5) is 0 Å². The Morgan fingerprint density at radius 3 is 0.375 bits per heavy atom. The molecule has 0 rings (SSSR count). The summed E-state index contributed by atoms with van der Waals surface area (Å²) in [5.74, 6) is 0.